The minimum absolute atomic E-state index is 0.167. The van der Waals surface area contributed by atoms with Crippen LogP contribution in [-0.2, 0) is 0 Å². The monoisotopic (exact) mass is 336 g/mol. The second kappa shape index (κ2) is 6.54. The van der Waals surface area contributed by atoms with E-state index in [2.05, 4.69) is 4.90 Å². The molecule has 1 heterocycles. The van der Waals surface area contributed by atoms with Crippen molar-refractivity contribution < 1.29 is 13.6 Å². The van der Waals surface area contributed by atoms with E-state index in [9.17, 15) is 13.6 Å². The van der Waals surface area contributed by atoms with Gasteiger partial charge in [0.05, 0.1) is 0 Å². The molecule has 2 aromatic rings. The number of benzene rings is 2. The number of rotatable bonds is 2. The van der Waals surface area contributed by atoms with Crippen LogP contribution >= 0.6 is 11.6 Å². The van der Waals surface area contributed by atoms with Gasteiger partial charge in [-0.05, 0) is 36.4 Å². The van der Waals surface area contributed by atoms with Crippen LogP contribution in [0.25, 0.3) is 0 Å². The number of carbonyl (C=O) groups is 1. The third kappa shape index (κ3) is 3.45. The molecule has 0 aromatic heterocycles. The Hall–Kier alpha value is -2.14. The first kappa shape index (κ1) is 15.7. The number of hydrogen-bond donors (Lipinski definition) is 0. The Balaban J connectivity index is 1.66. The van der Waals surface area contributed by atoms with Gasteiger partial charge in [-0.1, -0.05) is 17.7 Å². The molecule has 0 atom stereocenters. The lowest BCUT2D eigenvalue weighted by atomic mass is 10.1. The molecule has 0 radical (unpaired) electrons. The lowest BCUT2D eigenvalue weighted by molar-refractivity contribution is 0.0746. The van der Waals surface area contributed by atoms with Gasteiger partial charge in [-0.2, -0.15) is 0 Å². The van der Waals surface area contributed by atoms with Crippen molar-refractivity contribution in [3.63, 3.8) is 0 Å². The summed E-state index contributed by atoms with van der Waals surface area (Å²) >= 11 is 5.99. The largest absolute Gasteiger partial charge is 0.368 e. The van der Waals surface area contributed by atoms with Crippen molar-refractivity contribution in [2.24, 2.45) is 0 Å². The lowest BCUT2D eigenvalue weighted by Crippen LogP contribution is -2.48. The van der Waals surface area contributed by atoms with Gasteiger partial charge in [0, 0.05) is 42.5 Å². The van der Waals surface area contributed by atoms with Crippen LogP contribution in [0.1, 0.15) is 10.4 Å². The molecule has 0 unspecified atom stereocenters. The van der Waals surface area contributed by atoms with Crippen LogP contribution in [0.5, 0.6) is 0 Å². The van der Waals surface area contributed by atoms with E-state index < -0.39 is 11.6 Å². The zero-order valence-corrected chi connectivity index (χ0v) is 13.1. The highest BCUT2D eigenvalue weighted by Gasteiger charge is 2.23. The molecule has 0 N–H and O–H groups in total. The van der Waals surface area contributed by atoms with Crippen LogP contribution in [0.4, 0.5) is 14.5 Å². The summed E-state index contributed by atoms with van der Waals surface area (Å²) in [6, 6.07) is 10.8. The molecule has 1 amide bonds. The van der Waals surface area contributed by atoms with Crippen molar-refractivity contribution in [3.8, 4) is 0 Å². The number of carbonyl (C=O) groups excluding carboxylic acids is 1. The minimum atomic E-state index is -1.01. The number of amides is 1. The highest BCUT2D eigenvalue weighted by atomic mass is 35.5. The van der Waals surface area contributed by atoms with Crippen molar-refractivity contribution in [2.75, 3.05) is 31.1 Å². The zero-order chi connectivity index (χ0) is 16.4. The molecule has 3 nitrogen and oxygen atoms in total. The fourth-order valence-corrected chi connectivity index (χ4v) is 2.84. The van der Waals surface area contributed by atoms with Gasteiger partial charge in [-0.15, -0.1) is 0 Å². The first-order valence-corrected chi connectivity index (χ1v) is 7.67. The molecule has 23 heavy (non-hydrogen) atoms. The van der Waals surface area contributed by atoms with Gasteiger partial charge in [-0.3, -0.25) is 4.79 Å². The predicted octanol–water partition coefficient (Wildman–Crippen LogP) is 3.58. The van der Waals surface area contributed by atoms with Crippen molar-refractivity contribution in [1.82, 2.24) is 4.90 Å². The van der Waals surface area contributed by atoms with E-state index >= 15 is 0 Å². The summed E-state index contributed by atoms with van der Waals surface area (Å²) < 4.78 is 26.2. The summed E-state index contributed by atoms with van der Waals surface area (Å²) in [4.78, 5) is 16.1. The van der Waals surface area contributed by atoms with Crippen LogP contribution in [0.2, 0.25) is 5.02 Å². The standard InChI is InChI=1S/C17H15ClF2N2O/c18-13-2-1-3-14(11-13)21-6-8-22(9-7-21)17(23)12-4-5-15(19)16(20)10-12/h1-5,10-11H,6-9H2. The normalized spacial score (nSPS) is 14.9. The third-order valence-electron chi connectivity index (χ3n) is 3.91. The average Bonchev–Trinajstić information content (AvgIpc) is 2.57. The Bertz CT molecular complexity index is 730. The second-order valence-electron chi connectivity index (χ2n) is 5.39. The second-order valence-corrected chi connectivity index (χ2v) is 5.82. The molecule has 1 saturated heterocycles. The Morgan fingerprint density at radius 2 is 1.70 bits per heavy atom. The van der Waals surface area contributed by atoms with Gasteiger partial charge >= 0.3 is 0 Å². The topological polar surface area (TPSA) is 23.6 Å². The maximum absolute atomic E-state index is 13.3. The number of hydrogen-bond acceptors (Lipinski definition) is 2. The summed E-state index contributed by atoms with van der Waals surface area (Å²) in [5.74, 6) is -2.24. The van der Waals surface area contributed by atoms with E-state index in [0.29, 0.717) is 31.2 Å². The van der Waals surface area contributed by atoms with E-state index in [0.717, 1.165) is 17.8 Å². The minimum Gasteiger partial charge on any atom is -0.368 e. The van der Waals surface area contributed by atoms with Gasteiger partial charge in [0.2, 0.25) is 0 Å². The van der Waals surface area contributed by atoms with Crippen LogP contribution in [0.15, 0.2) is 42.5 Å². The molecule has 2 aromatic carbocycles. The van der Waals surface area contributed by atoms with E-state index in [-0.39, 0.29) is 11.5 Å². The smallest absolute Gasteiger partial charge is 0.254 e. The van der Waals surface area contributed by atoms with Gasteiger partial charge in [-0.25, -0.2) is 8.78 Å². The molecule has 0 saturated carbocycles. The van der Waals surface area contributed by atoms with Gasteiger partial charge in [0.25, 0.3) is 5.91 Å². The first-order chi connectivity index (χ1) is 11.0. The van der Waals surface area contributed by atoms with Crippen LogP contribution in [0.3, 0.4) is 0 Å². The Morgan fingerprint density at radius 1 is 0.957 bits per heavy atom. The highest BCUT2D eigenvalue weighted by Crippen LogP contribution is 2.21. The quantitative estimate of drug-likeness (QED) is 0.837. The van der Waals surface area contributed by atoms with Crippen molar-refractivity contribution >= 4 is 23.2 Å². The number of nitrogens with zero attached hydrogens (tertiary/aromatic N) is 2. The predicted molar refractivity (Wildman–Crippen MR) is 85.9 cm³/mol. The van der Waals surface area contributed by atoms with Crippen LogP contribution in [-0.4, -0.2) is 37.0 Å². The molecule has 0 aliphatic carbocycles. The maximum Gasteiger partial charge on any atom is 0.254 e. The SMILES string of the molecule is O=C(c1ccc(F)c(F)c1)N1CCN(c2cccc(Cl)c2)CC1. The molecule has 6 heteroatoms. The molecule has 0 spiro atoms. The van der Waals surface area contributed by atoms with Gasteiger partial charge in [0.15, 0.2) is 11.6 Å². The summed E-state index contributed by atoms with van der Waals surface area (Å²) in [7, 11) is 0. The lowest BCUT2D eigenvalue weighted by Gasteiger charge is -2.36. The van der Waals surface area contributed by atoms with Crippen molar-refractivity contribution in [1.29, 1.82) is 0 Å². The van der Waals surface area contributed by atoms with Crippen molar-refractivity contribution in [3.05, 3.63) is 64.7 Å². The maximum atomic E-state index is 13.3. The van der Waals surface area contributed by atoms with E-state index in [1.54, 1.807) is 4.90 Å². The third-order valence-corrected chi connectivity index (χ3v) is 4.14. The van der Waals surface area contributed by atoms with Gasteiger partial charge in [0.1, 0.15) is 0 Å². The molecular weight excluding hydrogens is 322 g/mol. The van der Waals surface area contributed by atoms with Crippen molar-refractivity contribution in [2.45, 2.75) is 0 Å². The van der Waals surface area contributed by atoms with E-state index in [1.807, 2.05) is 24.3 Å². The van der Waals surface area contributed by atoms with Crippen LogP contribution in [0, 0.1) is 11.6 Å². The van der Waals surface area contributed by atoms with E-state index in [1.165, 1.54) is 6.07 Å². The highest BCUT2D eigenvalue weighted by molar-refractivity contribution is 6.30. The molecule has 1 aliphatic heterocycles. The fraction of sp³-hybridized carbons (Fsp3) is 0.235. The van der Waals surface area contributed by atoms with E-state index in [4.69, 9.17) is 11.6 Å². The number of piperazine rings is 1. The Morgan fingerprint density at radius 3 is 2.35 bits per heavy atom. The zero-order valence-electron chi connectivity index (χ0n) is 12.3. The average molecular weight is 337 g/mol. The number of anilines is 1. The first-order valence-electron chi connectivity index (χ1n) is 7.29. The molecule has 0 bridgehead atoms. The Kier molecular flexibility index (Phi) is 4.48. The molecular formula is C17H15ClF2N2O. The molecule has 120 valence electrons. The van der Waals surface area contributed by atoms with Crippen LogP contribution < -0.4 is 4.90 Å². The summed E-state index contributed by atoms with van der Waals surface area (Å²) in [5.41, 5.74) is 1.18. The summed E-state index contributed by atoms with van der Waals surface area (Å²) in [5, 5.41) is 0.669. The summed E-state index contributed by atoms with van der Waals surface area (Å²) in [6.07, 6.45) is 0. The molecule has 1 aliphatic rings. The fourth-order valence-electron chi connectivity index (χ4n) is 2.65. The number of halogens is 3. The Labute approximate surface area is 138 Å². The molecule has 3 rings (SSSR count). The molecule has 1 fully saturated rings. The summed E-state index contributed by atoms with van der Waals surface area (Å²) in [6.45, 7) is 2.36. The van der Waals surface area contributed by atoms with Gasteiger partial charge < -0.3 is 9.80 Å².